The molecule has 26 heavy (non-hydrogen) atoms. The van der Waals surface area contributed by atoms with Crippen LogP contribution in [-0.2, 0) is 11.0 Å². The molecule has 2 aromatic heterocycles. The summed E-state index contributed by atoms with van der Waals surface area (Å²) in [6, 6.07) is 8.97. The van der Waals surface area contributed by atoms with Crippen LogP contribution in [0.1, 0.15) is 10.7 Å². The minimum Gasteiger partial charge on any atom is -0.307 e. The maximum atomic E-state index is 13.0. The third-order valence-electron chi connectivity index (χ3n) is 3.44. The highest BCUT2D eigenvalue weighted by Crippen LogP contribution is 2.36. The van der Waals surface area contributed by atoms with Crippen molar-refractivity contribution in [2.45, 2.75) is 6.18 Å². The summed E-state index contributed by atoms with van der Waals surface area (Å²) >= 11 is 6.44. The molecule has 0 bridgehead atoms. The Balaban J connectivity index is 1.94. The largest absolute Gasteiger partial charge is 0.445 e. The molecule has 1 aliphatic heterocycles. The van der Waals surface area contributed by atoms with Crippen LogP contribution < -0.4 is 5.32 Å². The van der Waals surface area contributed by atoms with Crippen molar-refractivity contribution >= 4 is 56.6 Å². The molecule has 1 fully saturated rings. The number of nitrogens with zero attached hydrogens (tertiary/aromatic N) is 3. The van der Waals surface area contributed by atoms with E-state index in [0.29, 0.717) is 28.3 Å². The first-order chi connectivity index (χ1) is 12.3. The summed E-state index contributed by atoms with van der Waals surface area (Å²) in [7, 11) is 0. The maximum absolute atomic E-state index is 13.0. The van der Waals surface area contributed by atoms with Crippen LogP contribution in [-0.4, -0.2) is 24.8 Å². The average molecular weight is 412 g/mol. The molecule has 1 amide bonds. The quantitative estimate of drug-likeness (QED) is 0.510. The standard InChI is InChI=1S/C15H7F3N4OS3/c16-15(17,18)12-21-22-8(6-9-11(23)20-14(24)25-9)10(19-13(22)26-12)7-4-2-1-3-5-7/h1-6H,(H,20,23,24)/b9-6-. The van der Waals surface area contributed by atoms with Gasteiger partial charge in [-0.2, -0.15) is 13.2 Å². The molecule has 0 atom stereocenters. The monoisotopic (exact) mass is 412 g/mol. The molecule has 3 aromatic rings. The van der Waals surface area contributed by atoms with E-state index in [1.165, 1.54) is 6.08 Å². The Bertz CT molecular complexity index is 1070. The normalized spacial score (nSPS) is 16.7. The second kappa shape index (κ2) is 6.18. The first kappa shape index (κ1) is 17.2. The van der Waals surface area contributed by atoms with E-state index in [4.69, 9.17) is 12.2 Å². The third-order valence-corrected chi connectivity index (χ3v) is 5.55. The van der Waals surface area contributed by atoms with Gasteiger partial charge < -0.3 is 5.32 Å². The van der Waals surface area contributed by atoms with Crippen LogP contribution in [0.5, 0.6) is 0 Å². The number of carbonyl (C=O) groups is 1. The number of fused-ring (bicyclic) bond motifs is 1. The summed E-state index contributed by atoms with van der Waals surface area (Å²) in [6.07, 6.45) is -3.11. The summed E-state index contributed by atoms with van der Waals surface area (Å²) in [5.41, 5.74) is 1.44. The Hall–Kier alpha value is -2.24. The SMILES string of the molecule is O=C1NC(=S)S/C1=C\c1c(-c2ccccc2)nc2sc(C(F)(F)F)nn12. The number of halogens is 3. The van der Waals surface area contributed by atoms with Crippen molar-refractivity contribution in [2.75, 3.05) is 0 Å². The summed E-state index contributed by atoms with van der Waals surface area (Å²) < 4.78 is 40.3. The zero-order valence-corrected chi connectivity index (χ0v) is 15.0. The summed E-state index contributed by atoms with van der Waals surface area (Å²) in [4.78, 5) is 16.6. The van der Waals surface area contributed by atoms with E-state index in [-0.39, 0.29) is 14.2 Å². The van der Waals surface area contributed by atoms with Gasteiger partial charge >= 0.3 is 6.18 Å². The van der Waals surface area contributed by atoms with Crippen molar-refractivity contribution in [3.63, 3.8) is 0 Å². The van der Waals surface area contributed by atoms with E-state index in [1.54, 1.807) is 24.3 Å². The Kier molecular flexibility index (Phi) is 4.09. The van der Waals surface area contributed by atoms with Crippen molar-refractivity contribution < 1.29 is 18.0 Å². The van der Waals surface area contributed by atoms with E-state index in [9.17, 15) is 18.0 Å². The number of alkyl halides is 3. The van der Waals surface area contributed by atoms with Gasteiger partial charge in [0, 0.05) is 5.56 Å². The number of imidazole rings is 1. The van der Waals surface area contributed by atoms with Crippen molar-refractivity contribution in [3.8, 4) is 11.3 Å². The fourth-order valence-electron chi connectivity index (χ4n) is 2.36. The minimum absolute atomic E-state index is 0.0917. The zero-order chi connectivity index (χ0) is 18.5. The highest BCUT2D eigenvalue weighted by molar-refractivity contribution is 8.26. The van der Waals surface area contributed by atoms with Gasteiger partial charge in [0.1, 0.15) is 4.32 Å². The van der Waals surface area contributed by atoms with Crippen LogP contribution in [0.2, 0.25) is 0 Å². The lowest BCUT2D eigenvalue weighted by Crippen LogP contribution is -2.17. The second-order valence-corrected chi connectivity index (χ2v) is 7.84. The van der Waals surface area contributed by atoms with E-state index in [0.717, 1.165) is 16.3 Å². The van der Waals surface area contributed by atoms with Gasteiger partial charge in [-0.15, -0.1) is 5.10 Å². The van der Waals surface area contributed by atoms with Crippen LogP contribution >= 0.6 is 35.3 Å². The molecule has 3 heterocycles. The molecular weight excluding hydrogens is 405 g/mol. The van der Waals surface area contributed by atoms with Gasteiger partial charge in [0.2, 0.25) is 9.97 Å². The molecule has 0 saturated carbocycles. The summed E-state index contributed by atoms with van der Waals surface area (Å²) in [5, 5.41) is 5.12. The van der Waals surface area contributed by atoms with E-state index < -0.39 is 17.1 Å². The average Bonchev–Trinajstić information content (AvgIpc) is 3.22. The van der Waals surface area contributed by atoms with Gasteiger partial charge in [0.05, 0.1) is 16.3 Å². The van der Waals surface area contributed by atoms with E-state index in [2.05, 4.69) is 15.4 Å². The molecule has 0 spiro atoms. The Morgan fingerprint density at radius 2 is 1.96 bits per heavy atom. The third kappa shape index (κ3) is 3.02. The first-order valence-corrected chi connectivity index (χ1v) is 9.14. The second-order valence-electron chi connectivity index (χ2n) is 5.16. The van der Waals surface area contributed by atoms with Gasteiger partial charge in [-0.25, -0.2) is 9.50 Å². The van der Waals surface area contributed by atoms with Crippen LogP contribution in [0.3, 0.4) is 0 Å². The number of nitrogens with one attached hydrogen (secondary N) is 1. The fraction of sp³-hybridized carbons (Fsp3) is 0.0667. The lowest BCUT2D eigenvalue weighted by Gasteiger charge is -2.02. The summed E-state index contributed by atoms with van der Waals surface area (Å²) in [6.45, 7) is 0. The first-order valence-electron chi connectivity index (χ1n) is 7.10. The molecule has 132 valence electrons. The van der Waals surface area contributed by atoms with Crippen LogP contribution in [0.4, 0.5) is 13.2 Å². The molecule has 1 N–H and O–H groups in total. The predicted octanol–water partition coefficient (Wildman–Crippen LogP) is 3.97. The lowest BCUT2D eigenvalue weighted by atomic mass is 10.1. The van der Waals surface area contributed by atoms with E-state index in [1.807, 2.05) is 6.07 Å². The highest BCUT2D eigenvalue weighted by atomic mass is 32.2. The topological polar surface area (TPSA) is 59.3 Å². The molecule has 0 radical (unpaired) electrons. The number of benzene rings is 1. The van der Waals surface area contributed by atoms with Gasteiger partial charge in [-0.3, -0.25) is 4.79 Å². The molecular formula is C15H7F3N4OS3. The van der Waals surface area contributed by atoms with Gasteiger partial charge in [0.25, 0.3) is 5.91 Å². The number of carbonyl (C=O) groups excluding carboxylic acids is 1. The van der Waals surface area contributed by atoms with E-state index >= 15 is 0 Å². The fourth-order valence-corrected chi connectivity index (χ4v) is 4.16. The highest BCUT2D eigenvalue weighted by Gasteiger charge is 2.36. The van der Waals surface area contributed by atoms with Crippen molar-refractivity contribution in [2.24, 2.45) is 0 Å². The zero-order valence-electron chi connectivity index (χ0n) is 12.6. The lowest BCUT2D eigenvalue weighted by molar-refractivity contribution is -0.138. The molecule has 1 aromatic carbocycles. The Labute approximate surface area is 157 Å². The van der Waals surface area contributed by atoms with Crippen molar-refractivity contribution in [1.82, 2.24) is 19.9 Å². The maximum Gasteiger partial charge on any atom is 0.445 e. The molecule has 11 heteroatoms. The smallest absolute Gasteiger partial charge is 0.307 e. The number of aromatic nitrogens is 3. The molecule has 5 nitrogen and oxygen atoms in total. The number of thiocarbonyl (C=S) groups is 1. The number of hydrogen-bond donors (Lipinski definition) is 1. The summed E-state index contributed by atoms with van der Waals surface area (Å²) in [5.74, 6) is -0.403. The number of amides is 1. The number of hydrogen-bond acceptors (Lipinski definition) is 6. The van der Waals surface area contributed by atoms with Crippen molar-refractivity contribution in [3.05, 3.63) is 45.9 Å². The number of thioether (sulfide) groups is 1. The Morgan fingerprint density at radius 3 is 2.58 bits per heavy atom. The molecule has 0 aliphatic carbocycles. The molecule has 1 saturated heterocycles. The van der Waals surface area contributed by atoms with Gasteiger partial charge in [-0.05, 0) is 6.08 Å². The number of rotatable bonds is 2. The van der Waals surface area contributed by atoms with Crippen LogP contribution in [0, 0.1) is 0 Å². The predicted molar refractivity (Wildman–Crippen MR) is 97.6 cm³/mol. The van der Waals surface area contributed by atoms with Crippen LogP contribution in [0.25, 0.3) is 22.3 Å². The van der Waals surface area contributed by atoms with Gasteiger partial charge in [-0.1, -0.05) is 65.6 Å². The molecule has 4 rings (SSSR count). The Morgan fingerprint density at radius 1 is 1.23 bits per heavy atom. The van der Waals surface area contributed by atoms with Gasteiger partial charge in [0.15, 0.2) is 0 Å². The minimum atomic E-state index is -4.57. The molecule has 0 unspecified atom stereocenters. The van der Waals surface area contributed by atoms with Crippen molar-refractivity contribution in [1.29, 1.82) is 0 Å². The van der Waals surface area contributed by atoms with Crippen LogP contribution in [0.15, 0.2) is 35.2 Å². The molecule has 1 aliphatic rings.